The van der Waals surface area contributed by atoms with E-state index in [2.05, 4.69) is 10.3 Å². The summed E-state index contributed by atoms with van der Waals surface area (Å²) in [6.07, 6.45) is 1.33. The van der Waals surface area contributed by atoms with E-state index in [1.165, 1.54) is 18.3 Å². The van der Waals surface area contributed by atoms with Gasteiger partial charge in [-0.15, -0.1) is 0 Å². The Morgan fingerprint density at radius 1 is 1.26 bits per heavy atom. The lowest BCUT2D eigenvalue weighted by Gasteiger charge is -2.10. The fraction of sp³-hybridized carbons (Fsp3) is 0. The molecule has 1 aromatic carbocycles. The molecule has 0 aliphatic heterocycles. The van der Waals surface area contributed by atoms with Gasteiger partial charge in [-0.2, -0.15) is 0 Å². The Balaban J connectivity index is 2.28. The Hall–Kier alpha value is -2.64. The maximum atomic E-state index is 11.9. The summed E-state index contributed by atoms with van der Waals surface area (Å²) in [5.41, 5.74) is -1.63. The molecule has 3 aromatic rings. The molecule has 116 valence electrons. The molecule has 0 saturated carbocycles. The first-order chi connectivity index (χ1) is 11.0. The van der Waals surface area contributed by atoms with E-state index in [4.69, 9.17) is 27.6 Å². The number of halogens is 2. The molecule has 0 aliphatic carbocycles. The molecule has 0 bridgehead atoms. The lowest BCUT2D eigenvalue weighted by molar-refractivity contribution is -0.386. The minimum Gasteiger partial charge on any atom is -0.418 e. The second-order valence-electron chi connectivity index (χ2n) is 4.48. The molecule has 7 nitrogen and oxygen atoms in total. The number of nitrogens with one attached hydrogen (secondary N) is 1. The summed E-state index contributed by atoms with van der Waals surface area (Å²) in [5, 5.41) is 14.8. The molecule has 2 aromatic heterocycles. The number of anilines is 2. The van der Waals surface area contributed by atoms with Crippen LogP contribution in [0.3, 0.4) is 0 Å². The zero-order valence-electron chi connectivity index (χ0n) is 11.2. The number of benzene rings is 1. The van der Waals surface area contributed by atoms with Crippen LogP contribution in [0.15, 0.2) is 45.7 Å². The first-order valence-electron chi connectivity index (χ1n) is 6.25. The number of aromatic nitrogens is 1. The largest absolute Gasteiger partial charge is 0.418 e. The third kappa shape index (κ3) is 2.84. The number of nitro groups is 1. The van der Waals surface area contributed by atoms with Crippen molar-refractivity contribution in [2.24, 2.45) is 0 Å². The predicted molar refractivity (Wildman–Crippen MR) is 86.7 cm³/mol. The second-order valence-corrected chi connectivity index (χ2v) is 5.32. The van der Waals surface area contributed by atoms with Crippen molar-refractivity contribution in [3.05, 3.63) is 67.1 Å². The highest BCUT2D eigenvalue weighted by Crippen LogP contribution is 2.34. The Bertz CT molecular complexity index is 987. The SMILES string of the molecule is O=c1oc2ccccc2c(Nc2ncc(Cl)cc2Cl)c1[N+](=O)[O-]. The van der Waals surface area contributed by atoms with Crippen LogP contribution < -0.4 is 10.9 Å². The monoisotopic (exact) mass is 351 g/mol. The van der Waals surface area contributed by atoms with E-state index in [-0.39, 0.29) is 22.1 Å². The Kier molecular flexibility index (Phi) is 3.89. The number of hydrogen-bond donors (Lipinski definition) is 1. The maximum Gasteiger partial charge on any atom is 0.417 e. The first-order valence-corrected chi connectivity index (χ1v) is 7.01. The van der Waals surface area contributed by atoms with E-state index in [1.54, 1.807) is 18.2 Å². The van der Waals surface area contributed by atoms with Gasteiger partial charge in [0.05, 0.1) is 15.0 Å². The lowest BCUT2D eigenvalue weighted by atomic mass is 10.2. The summed E-state index contributed by atoms with van der Waals surface area (Å²) in [6.45, 7) is 0. The molecular formula is C14H7Cl2N3O4. The van der Waals surface area contributed by atoms with Crippen LogP contribution in [0.1, 0.15) is 0 Å². The van der Waals surface area contributed by atoms with Gasteiger partial charge in [0.2, 0.25) is 0 Å². The van der Waals surface area contributed by atoms with E-state index in [9.17, 15) is 14.9 Å². The highest BCUT2D eigenvalue weighted by Gasteiger charge is 2.25. The molecular weight excluding hydrogens is 345 g/mol. The second kappa shape index (κ2) is 5.86. The summed E-state index contributed by atoms with van der Waals surface area (Å²) < 4.78 is 4.97. The van der Waals surface area contributed by atoms with Crippen molar-refractivity contribution >= 4 is 51.4 Å². The Labute approximate surface area is 138 Å². The molecule has 0 radical (unpaired) electrons. The molecule has 0 aliphatic rings. The van der Waals surface area contributed by atoms with Gasteiger partial charge < -0.3 is 9.73 Å². The number of fused-ring (bicyclic) bond motifs is 1. The molecule has 0 atom stereocenters. The van der Waals surface area contributed by atoms with Crippen LogP contribution in [-0.4, -0.2) is 9.91 Å². The van der Waals surface area contributed by atoms with Crippen molar-refractivity contribution in [1.29, 1.82) is 0 Å². The molecule has 0 spiro atoms. The van der Waals surface area contributed by atoms with Gasteiger partial charge in [-0.3, -0.25) is 10.1 Å². The van der Waals surface area contributed by atoms with Gasteiger partial charge >= 0.3 is 11.3 Å². The summed E-state index contributed by atoms with van der Waals surface area (Å²) >= 11 is 11.8. The third-order valence-electron chi connectivity index (χ3n) is 3.02. The standard InChI is InChI=1S/C14H7Cl2N3O4/c15-7-5-9(16)13(17-6-7)18-11-8-3-1-2-4-10(8)23-14(20)12(11)19(21)22/h1-6H,(H,17,18). The Morgan fingerprint density at radius 2 is 2.00 bits per heavy atom. The van der Waals surface area contributed by atoms with Crippen molar-refractivity contribution in [1.82, 2.24) is 4.98 Å². The van der Waals surface area contributed by atoms with Gasteiger partial charge in [0.15, 0.2) is 0 Å². The summed E-state index contributed by atoms with van der Waals surface area (Å²) in [7, 11) is 0. The number of hydrogen-bond acceptors (Lipinski definition) is 6. The zero-order chi connectivity index (χ0) is 16.6. The van der Waals surface area contributed by atoms with Gasteiger partial charge in [-0.05, 0) is 18.2 Å². The molecule has 2 heterocycles. The van der Waals surface area contributed by atoms with Gasteiger partial charge in [0.25, 0.3) is 0 Å². The highest BCUT2D eigenvalue weighted by molar-refractivity contribution is 6.36. The predicted octanol–water partition coefficient (Wildman–Crippen LogP) is 4.15. The third-order valence-corrected chi connectivity index (χ3v) is 3.52. The minimum atomic E-state index is -1.07. The highest BCUT2D eigenvalue weighted by atomic mass is 35.5. The van der Waals surface area contributed by atoms with Crippen molar-refractivity contribution in [3.8, 4) is 0 Å². The molecule has 23 heavy (non-hydrogen) atoms. The zero-order valence-corrected chi connectivity index (χ0v) is 12.8. The van der Waals surface area contributed by atoms with Crippen LogP contribution >= 0.6 is 23.2 Å². The van der Waals surface area contributed by atoms with Crippen LogP contribution in [0, 0.1) is 10.1 Å². The molecule has 3 rings (SSSR count). The van der Waals surface area contributed by atoms with Crippen molar-refractivity contribution in [2.45, 2.75) is 0 Å². The van der Waals surface area contributed by atoms with Gasteiger partial charge in [0, 0.05) is 11.6 Å². The molecule has 0 unspecified atom stereocenters. The van der Waals surface area contributed by atoms with E-state index in [0.29, 0.717) is 10.4 Å². The van der Waals surface area contributed by atoms with Crippen LogP contribution in [0.4, 0.5) is 17.2 Å². The number of pyridine rings is 1. The molecule has 0 amide bonds. The van der Waals surface area contributed by atoms with E-state index >= 15 is 0 Å². The summed E-state index contributed by atoms with van der Waals surface area (Å²) in [4.78, 5) is 26.3. The normalized spacial score (nSPS) is 10.7. The van der Waals surface area contributed by atoms with Gasteiger partial charge in [-0.25, -0.2) is 9.78 Å². The topological polar surface area (TPSA) is 98.3 Å². The summed E-state index contributed by atoms with van der Waals surface area (Å²) in [6, 6.07) is 7.85. The number of nitrogens with zero attached hydrogens (tertiary/aromatic N) is 2. The van der Waals surface area contributed by atoms with Crippen molar-refractivity contribution < 1.29 is 9.34 Å². The van der Waals surface area contributed by atoms with Crippen molar-refractivity contribution in [2.75, 3.05) is 5.32 Å². The average molecular weight is 352 g/mol. The summed E-state index contributed by atoms with van der Waals surface area (Å²) in [5.74, 6) is 0.134. The molecule has 9 heteroatoms. The quantitative estimate of drug-likeness (QED) is 0.432. The molecule has 0 fully saturated rings. The van der Waals surface area contributed by atoms with E-state index in [1.807, 2.05) is 0 Å². The fourth-order valence-corrected chi connectivity index (χ4v) is 2.48. The molecule has 0 saturated heterocycles. The minimum absolute atomic E-state index is 0.0430. The van der Waals surface area contributed by atoms with Crippen molar-refractivity contribution in [3.63, 3.8) is 0 Å². The first kappa shape index (κ1) is 15.3. The van der Waals surface area contributed by atoms with E-state index < -0.39 is 16.2 Å². The average Bonchev–Trinajstić information content (AvgIpc) is 2.49. The lowest BCUT2D eigenvalue weighted by Crippen LogP contribution is -2.11. The van der Waals surface area contributed by atoms with Gasteiger partial charge in [0.1, 0.15) is 17.1 Å². The van der Waals surface area contributed by atoms with Gasteiger partial charge in [-0.1, -0.05) is 35.3 Å². The van der Waals surface area contributed by atoms with Crippen LogP contribution in [0.25, 0.3) is 11.0 Å². The van der Waals surface area contributed by atoms with Crippen LogP contribution in [0.2, 0.25) is 10.0 Å². The van der Waals surface area contributed by atoms with Crippen LogP contribution in [-0.2, 0) is 0 Å². The van der Waals surface area contributed by atoms with E-state index in [0.717, 1.165) is 0 Å². The maximum absolute atomic E-state index is 11.9. The Morgan fingerprint density at radius 3 is 2.70 bits per heavy atom. The number of para-hydroxylation sites is 1. The number of rotatable bonds is 3. The van der Waals surface area contributed by atoms with Crippen LogP contribution in [0.5, 0.6) is 0 Å². The molecule has 1 N–H and O–H groups in total. The fourth-order valence-electron chi connectivity index (χ4n) is 2.06. The smallest absolute Gasteiger partial charge is 0.417 e.